The number of halogens is 2. The number of rotatable bonds is 9. The van der Waals surface area contributed by atoms with Gasteiger partial charge < -0.3 is 20.4 Å². The minimum Gasteiger partial charge on any atom is -0.497 e. The van der Waals surface area contributed by atoms with Crippen LogP contribution in [-0.2, 0) is 6.42 Å². The van der Waals surface area contributed by atoms with E-state index in [-0.39, 0.29) is 24.8 Å². The standard InChI is InChI=1S/C15H23N3OS.2ClH/c1-19-13-2-3-15-14(10-13)12(11-18-15)4-5-16-6-7-17-8-9-20;;/h2-3,10-11,16-18,20H,4-9H2,1H3;2*1H. The molecule has 0 spiro atoms. The molecule has 0 aliphatic rings. The van der Waals surface area contributed by atoms with Gasteiger partial charge in [0, 0.05) is 42.5 Å². The van der Waals surface area contributed by atoms with E-state index in [0.29, 0.717) is 0 Å². The first-order chi connectivity index (χ1) is 9.85. The fraction of sp³-hybridized carbons (Fsp3) is 0.467. The van der Waals surface area contributed by atoms with E-state index in [0.717, 1.165) is 49.6 Å². The molecule has 22 heavy (non-hydrogen) atoms. The molecule has 0 aliphatic heterocycles. The van der Waals surface area contributed by atoms with Crippen LogP contribution in [0.4, 0.5) is 0 Å². The predicted molar refractivity (Wildman–Crippen MR) is 103 cm³/mol. The van der Waals surface area contributed by atoms with Gasteiger partial charge in [-0.1, -0.05) is 0 Å². The molecule has 0 bridgehead atoms. The van der Waals surface area contributed by atoms with E-state index in [1.807, 2.05) is 6.07 Å². The molecule has 0 saturated carbocycles. The van der Waals surface area contributed by atoms with Crippen LogP contribution >= 0.6 is 37.4 Å². The highest BCUT2D eigenvalue weighted by Crippen LogP contribution is 2.23. The summed E-state index contributed by atoms with van der Waals surface area (Å²) >= 11 is 4.16. The molecular formula is C15H25Cl2N3OS. The van der Waals surface area contributed by atoms with Crippen LogP contribution in [0.25, 0.3) is 10.9 Å². The molecule has 0 fully saturated rings. The average molecular weight is 366 g/mol. The highest BCUT2D eigenvalue weighted by molar-refractivity contribution is 7.80. The molecule has 0 unspecified atom stereocenters. The third kappa shape index (κ3) is 6.26. The van der Waals surface area contributed by atoms with Crippen LogP contribution in [0.5, 0.6) is 5.75 Å². The zero-order valence-electron chi connectivity index (χ0n) is 12.7. The molecule has 2 rings (SSSR count). The minimum atomic E-state index is 0. The number of aromatic amines is 1. The summed E-state index contributed by atoms with van der Waals surface area (Å²) in [5.74, 6) is 1.79. The topological polar surface area (TPSA) is 49.1 Å². The van der Waals surface area contributed by atoms with Gasteiger partial charge >= 0.3 is 0 Å². The van der Waals surface area contributed by atoms with E-state index >= 15 is 0 Å². The Hall–Kier alpha value is -0.590. The number of H-pyrrole nitrogens is 1. The Kier molecular flexibility index (Phi) is 11.6. The molecule has 0 radical (unpaired) electrons. The monoisotopic (exact) mass is 365 g/mol. The van der Waals surface area contributed by atoms with Gasteiger partial charge in [0.25, 0.3) is 0 Å². The third-order valence-electron chi connectivity index (χ3n) is 3.31. The maximum atomic E-state index is 5.28. The maximum absolute atomic E-state index is 5.28. The highest BCUT2D eigenvalue weighted by Gasteiger charge is 2.04. The van der Waals surface area contributed by atoms with Crippen LogP contribution in [0.3, 0.4) is 0 Å². The second kappa shape index (κ2) is 11.9. The summed E-state index contributed by atoms with van der Waals surface area (Å²) in [5.41, 5.74) is 2.49. The second-order valence-electron chi connectivity index (χ2n) is 4.70. The zero-order valence-corrected chi connectivity index (χ0v) is 15.3. The number of ether oxygens (including phenoxy) is 1. The van der Waals surface area contributed by atoms with Crippen molar-refractivity contribution in [1.82, 2.24) is 15.6 Å². The fourth-order valence-electron chi connectivity index (χ4n) is 2.22. The average Bonchev–Trinajstić information content (AvgIpc) is 2.88. The molecule has 1 heterocycles. The maximum Gasteiger partial charge on any atom is 0.119 e. The van der Waals surface area contributed by atoms with Crippen LogP contribution in [0, 0.1) is 0 Å². The Morgan fingerprint density at radius 3 is 2.50 bits per heavy atom. The van der Waals surface area contributed by atoms with Gasteiger partial charge in [0.15, 0.2) is 0 Å². The molecule has 1 aromatic heterocycles. The summed E-state index contributed by atoms with van der Waals surface area (Å²) in [6.45, 7) is 3.92. The van der Waals surface area contributed by atoms with Crippen molar-refractivity contribution in [3.63, 3.8) is 0 Å². The van der Waals surface area contributed by atoms with Gasteiger partial charge in [0.2, 0.25) is 0 Å². The Labute approximate surface area is 150 Å². The number of nitrogens with one attached hydrogen (secondary N) is 3. The lowest BCUT2D eigenvalue weighted by Crippen LogP contribution is -2.29. The number of hydrogen-bond donors (Lipinski definition) is 4. The van der Waals surface area contributed by atoms with E-state index in [9.17, 15) is 0 Å². The first kappa shape index (κ1) is 21.4. The fourth-order valence-corrected chi connectivity index (χ4v) is 2.38. The quantitative estimate of drug-likeness (QED) is 0.408. The number of benzene rings is 1. The van der Waals surface area contributed by atoms with Crippen molar-refractivity contribution in [2.45, 2.75) is 6.42 Å². The van der Waals surface area contributed by atoms with Crippen molar-refractivity contribution < 1.29 is 4.74 Å². The van der Waals surface area contributed by atoms with E-state index in [1.54, 1.807) is 7.11 Å². The Morgan fingerprint density at radius 2 is 1.82 bits per heavy atom. The number of aromatic nitrogens is 1. The molecule has 1 aromatic carbocycles. The SMILES string of the molecule is COc1ccc2[nH]cc(CCNCCNCCS)c2c1.Cl.Cl. The van der Waals surface area contributed by atoms with Crippen molar-refractivity contribution >= 4 is 48.3 Å². The summed E-state index contributed by atoms with van der Waals surface area (Å²) in [6.07, 6.45) is 3.10. The molecule has 7 heteroatoms. The van der Waals surface area contributed by atoms with Crippen molar-refractivity contribution in [2.24, 2.45) is 0 Å². The lowest BCUT2D eigenvalue weighted by molar-refractivity contribution is 0.415. The van der Waals surface area contributed by atoms with Crippen LogP contribution in [-0.4, -0.2) is 44.0 Å². The predicted octanol–water partition coefficient (Wildman–Crippen LogP) is 2.67. The van der Waals surface area contributed by atoms with E-state index in [4.69, 9.17) is 4.74 Å². The van der Waals surface area contributed by atoms with Gasteiger partial charge in [0.1, 0.15) is 5.75 Å². The lowest BCUT2D eigenvalue weighted by Gasteiger charge is -2.05. The van der Waals surface area contributed by atoms with Gasteiger partial charge in [0.05, 0.1) is 7.11 Å². The van der Waals surface area contributed by atoms with Crippen molar-refractivity contribution in [3.05, 3.63) is 30.0 Å². The van der Waals surface area contributed by atoms with Gasteiger partial charge in [-0.25, -0.2) is 0 Å². The highest BCUT2D eigenvalue weighted by atomic mass is 35.5. The molecule has 2 aromatic rings. The summed E-state index contributed by atoms with van der Waals surface area (Å²) in [7, 11) is 1.70. The summed E-state index contributed by atoms with van der Waals surface area (Å²) in [5, 5.41) is 8.00. The van der Waals surface area contributed by atoms with Crippen LogP contribution < -0.4 is 15.4 Å². The van der Waals surface area contributed by atoms with Crippen molar-refractivity contribution in [2.75, 3.05) is 39.0 Å². The Bertz CT molecular complexity index is 536. The third-order valence-corrected chi connectivity index (χ3v) is 3.54. The molecular weight excluding hydrogens is 341 g/mol. The van der Waals surface area contributed by atoms with E-state index in [1.165, 1.54) is 10.9 Å². The number of methoxy groups -OCH3 is 1. The Balaban J connectivity index is 0.00000220. The molecule has 0 amide bonds. The molecule has 0 aliphatic carbocycles. The van der Waals surface area contributed by atoms with Crippen LogP contribution in [0.2, 0.25) is 0 Å². The zero-order chi connectivity index (χ0) is 14.2. The summed E-state index contributed by atoms with van der Waals surface area (Å²) in [6, 6.07) is 6.13. The number of thiol groups is 1. The largest absolute Gasteiger partial charge is 0.497 e. The summed E-state index contributed by atoms with van der Waals surface area (Å²) < 4.78 is 5.28. The van der Waals surface area contributed by atoms with Crippen LogP contribution in [0.15, 0.2) is 24.4 Å². The van der Waals surface area contributed by atoms with Crippen molar-refractivity contribution in [3.8, 4) is 5.75 Å². The molecule has 0 atom stereocenters. The normalized spacial score (nSPS) is 10.1. The first-order valence-electron chi connectivity index (χ1n) is 7.01. The Morgan fingerprint density at radius 1 is 1.09 bits per heavy atom. The smallest absolute Gasteiger partial charge is 0.119 e. The molecule has 126 valence electrons. The van der Waals surface area contributed by atoms with Gasteiger partial charge in [-0.15, -0.1) is 24.8 Å². The lowest BCUT2D eigenvalue weighted by atomic mass is 10.1. The second-order valence-corrected chi connectivity index (χ2v) is 5.15. The number of fused-ring (bicyclic) bond motifs is 1. The van der Waals surface area contributed by atoms with Crippen LogP contribution in [0.1, 0.15) is 5.56 Å². The number of hydrogen-bond acceptors (Lipinski definition) is 4. The van der Waals surface area contributed by atoms with Gasteiger partial charge in [-0.3, -0.25) is 0 Å². The van der Waals surface area contributed by atoms with Crippen molar-refractivity contribution in [1.29, 1.82) is 0 Å². The molecule has 0 saturated heterocycles. The van der Waals surface area contributed by atoms with E-state index < -0.39 is 0 Å². The van der Waals surface area contributed by atoms with E-state index in [2.05, 4.69) is 46.6 Å². The van der Waals surface area contributed by atoms with Gasteiger partial charge in [-0.2, -0.15) is 12.6 Å². The molecule has 3 N–H and O–H groups in total. The van der Waals surface area contributed by atoms with Gasteiger partial charge in [-0.05, 0) is 36.7 Å². The summed E-state index contributed by atoms with van der Waals surface area (Å²) in [4.78, 5) is 3.30. The minimum absolute atomic E-state index is 0. The molecule has 4 nitrogen and oxygen atoms in total. The first-order valence-corrected chi connectivity index (χ1v) is 7.64.